The first kappa shape index (κ1) is 40.1. The molecule has 2 N–H and O–H groups in total. The molecule has 7 aromatic rings. The number of rotatable bonds is 4. The molecule has 283 valence electrons. The summed E-state index contributed by atoms with van der Waals surface area (Å²) in [7, 11) is 0. The Balaban J connectivity index is 0.00000455. The smallest absolute Gasteiger partial charge is 0.0738 e. The van der Waals surface area contributed by atoms with E-state index >= 15 is 0 Å². The average Bonchev–Trinajstić information content (AvgIpc) is 4.00. The van der Waals surface area contributed by atoms with Crippen molar-refractivity contribution in [2.45, 2.75) is 0 Å². The second kappa shape index (κ2) is 16.2. The van der Waals surface area contributed by atoms with Crippen molar-refractivity contribution in [3.8, 4) is 44.5 Å². The minimum Gasteiger partial charge on any atom is -0.354 e. The van der Waals surface area contributed by atoms with Gasteiger partial charge in [-0.2, -0.15) is 0 Å². The molecule has 0 atom stereocenters. The molecular formula is C44H22Cl8CoN4. The Morgan fingerprint density at radius 2 is 0.474 bits per heavy atom. The molecule has 0 unspecified atom stereocenters. The van der Waals surface area contributed by atoms with Crippen LogP contribution >= 0.6 is 92.8 Å². The standard InChI is InChI=1S/C44H22Cl8N4.Co/c45-21-5-1-6-22(46)37(21)41-29-13-15-31(53-29)42(38-23(47)7-2-8-24(38)48)33-17-19-35(55-33)44(40-27(51)11-4-12-28(40)52)36-20-18-34(56-36)43(32-16-14-30(41)54-32)39-25(49)9-3-10-26(39)50;/h1-20,53,56H;. The van der Waals surface area contributed by atoms with Gasteiger partial charge in [0, 0.05) is 83.4 Å². The fourth-order valence-electron chi connectivity index (χ4n) is 7.20. The van der Waals surface area contributed by atoms with E-state index in [1.807, 2.05) is 48.6 Å². The topological polar surface area (TPSA) is 57.4 Å². The molecule has 0 saturated heterocycles. The number of hydrogen-bond acceptors (Lipinski definition) is 2. The zero-order valence-corrected chi connectivity index (χ0v) is 35.9. The summed E-state index contributed by atoms with van der Waals surface area (Å²) in [5.74, 6) is 0. The van der Waals surface area contributed by atoms with Gasteiger partial charge in [0.05, 0.1) is 63.0 Å². The molecule has 13 heteroatoms. The van der Waals surface area contributed by atoms with Crippen LogP contribution in [0.15, 0.2) is 97.1 Å². The van der Waals surface area contributed by atoms with Gasteiger partial charge in [0.1, 0.15) is 0 Å². The van der Waals surface area contributed by atoms with Crippen molar-refractivity contribution in [2.75, 3.05) is 0 Å². The molecule has 0 amide bonds. The molecule has 57 heavy (non-hydrogen) atoms. The van der Waals surface area contributed by atoms with Crippen LogP contribution in [-0.2, 0) is 16.8 Å². The van der Waals surface area contributed by atoms with Gasteiger partial charge in [0.15, 0.2) is 0 Å². The predicted octanol–water partition coefficient (Wildman–Crippen LogP) is 16.5. The number of nitrogens with zero attached hydrogens (tertiary/aromatic N) is 2. The van der Waals surface area contributed by atoms with E-state index in [0.29, 0.717) is 130 Å². The largest absolute Gasteiger partial charge is 0.354 e. The van der Waals surface area contributed by atoms with Gasteiger partial charge in [-0.25, -0.2) is 9.97 Å². The monoisotopic (exact) mass is 945 g/mol. The van der Waals surface area contributed by atoms with Gasteiger partial charge < -0.3 is 9.97 Å². The van der Waals surface area contributed by atoms with Crippen molar-refractivity contribution >= 4 is 139 Å². The molecule has 0 saturated carbocycles. The first-order valence-electron chi connectivity index (χ1n) is 17.0. The van der Waals surface area contributed by atoms with Crippen LogP contribution in [-0.4, -0.2) is 19.9 Å². The zero-order chi connectivity index (χ0) is 38.8. The van der Waals surface area contributed by atoms with Crippen molar-refractivity contribution in [1.29, 1.82) is 0 Å². The summed E-state index contributed by atoms with van der Waals surface area (Å²) >= 11 is 55.6. The Bertz CT molecular complexity index is 2560. The molecule has 5 heterocycles. The number of aromatic nitrogens is 4. The normalized spacial score (nSPS) is 11.9. The van der Waals surface area contributed by atoms with E-state index in [-0.39, 0.29) is 16.8 Å². The summed E-state index contributed by atoms with van der Waals surface area (Å²) in [6.07, 6.45) is 7.66. The van der Waals surface area contributed by atoms with Gasteiger partial charge in [-0.05, 0) is 97.1 Å². The van der Waals surface area contributed by atoms with Crippen molar-refractivity contribution in [3.63, 3.8) is 0 Å². The van der Waals surface area contributed by atoms with E-state index in [1.54, 1.807) is 72.8 Å². The summed E-state index contributed by atoms with van der Waals surface area (Å²) in [5.41, 5.74) is 10.1. The van der Waals surface area contributed by atoms with Crippen molar-refractivity contribution in [2.24, 2.45) is 0 Å². The molecule has 9 rings (SSSR count). The number of hydrogen-bond donors (Lipinski definition) is 2. The molecule has 4 nitrogen and oxygen atoms in total. The van der Waals surface area contributed by atoms with Crippen LogP contribution in [0.2, 0.25) is 40.2 Å². The second-order valence-corrected chi connectivity index (χ2v) is 16.1. The Morgan fingerprint density at radius 3 is 0.667 bits per heavy atom. The van der Waals surface area contributed by atoms with Crippen molar-refractivity contribution in [1.82, 2.24) is 19.9 Å². The van der Waals surface area contributed by atoms with Crippen LogP contribution in [0.1, 0.15) is 22.8 Å². The first-order valence-corrected chi connectivity index (χ1v) is 20.0. The number of benzene rings is 4. The molecule has 4 aromatic carbocycles. The Kier molecular flexibility index (Phi) is 11.4. The molecule has 0 fully saturated rings. The number of fused-ring (bicyclic) bond motifs is 8. The van der Waals surface area contributed by atoms with Crippen LogP contribution in [0.3, 0.4) is 0 Å². The first-order chi connectivity index (χ1) is 27.1. The van der Waals surface area contributed by atoms with Gasteiger partial charge in [-0.3, -0.25) is 0 Å². The predicted molar refractivity (Wildman–Crippen MR) is 241 cm³/mol. The number of aromatic amines is 2. The van der Waals surface area contributed by atoms with Gasteiger partial charge in [0.25, 0.3) is 0 Å². The molecule has 2 aliphatic heterocycles. The Hall–Kier alpha value is -3.69. The van der Waals surface area contributed by atoms with Gasteiger partial charge >= 0.3 is 0 Å². The summed E-state index contributed by atoms with van der Waals surface area (Å²) in [6, 6.07) is 29.3. The summed E-state index contributed by atoms with van der Waals surface area (Å²) < 4.78 is 0. The summed E-state index contributed by atoms with van der Waals surface area (Å²) in [6.45, 7) is 0. The van der Waals surface area contributed by atoms with Crippen LogP contribution in [0.25, 0.3) is 90.9 Å². The van der Waals surface area contributed by atoms with Crippen molar-refractivity contribution < 1.29 is 16.8 Å². The molecule has 0 spiro atoms. The van der Waals surface area contributed by atoms with Crippen molar-refractivity contribution in [3.05, 3.63) is 160 Å². The Morgan fingerprint density at radius 1 is 0.281 bits per heavy atom. The van der Waals surface area contributed by atoms with E-state index in [9.17, 15) is 0 Å². The minimum atomic E-state index is 0. The molecule has 0 aliphatic carbocycles. The summed E-state index contributed by atoms with van der Waals surface area (Å²) in [5, 5.41) is 3.53. The number of H-pyrrole nitrogens is 2. The number of halogens is 8. The molecule has 3 aromatic heterocycles. The SMILES string of the molecule is Clc1cccc(Cl)c1-c1c2nc(c(-c3c(Cl)cccc3Cl)c3ccc([nH]3)c(-c3c(Cl)cccc3Cl)c3nc(c(-c4c(Cl)cccc4Cl)c4ccc1[nH]4)C=C3)C=C2.[Co]. The second-order valence-electron chi connectivity index (χ2n) is 12.9. The molecular weight excluding hydrogens is 927 g/mol. The third kappa shape index (κ3) is 7.12. The summed E-state index contributed by atoms with van der Waals surface area (Å²) in [4.78, 5) is 17.8. The third-order valence-corrected chi connectivity index (χ3v) is 12.1. The maximum atomic E-state index is 6.95. The fraction of sp³-hybridized carbons (Fsp3) is 0. The van der Waals surface area contributed by atoms with E-state index < -0.39 is 0 Å². The van der Waals surface area contributed by atoms with Gasteiger partial charge in [-0.15, -0.1) is 0 Å². The average molecular weight is 949 g/mol. The molecule has 2 aliphatic rings. The van der Waals surface area contributed by atoms with Gasteiger partial charge in [-0.1, -0.05) is 117 Å². The minimum absolute atomic E-state index is 0. The van der Waals surface area contributed by atoms with Gasteiger partial charge in [0.2, 0.25) is 0 Å². The maximum Gasteiger partial charge on any atom is 0.0738 e. The van der Waals surface area contributed by atoms with E-state index in [0.717, 1.165) is 0 Å². The van der Waals surface area contributed by atoms with E-state index in [4.69, 9.17) is 103 Å². The van der Waals surface area contributed by atoms with E-state index in [2.05, 4.69) is 9.97 Å². The van der Waals surface area contributed by atoms with Crippen LogP contribution in [0.4, 0.5) is 0 Å². The van der Waals surface area contributed by atoms with Crippen LogP contribution in [0, 0.1) is 0 Å². The molecule has 1 radical (unpaired) electrons. The fourth-order valence-corrected chi connectivity index (χ4v) is 9.55. The van der Waals surface area contributed by atoms with Crippen LogP contribution in [0.5, 0.6) is 0 Å². The van der Waals surface area contributed by atoms with E-state index in [1.165, 1.54) is 0 Å². The number of nitrogens with one attached hydrogen (secondary N) is 2. The third-order valence-electron chi connectivity index (χ3n) is 9.60. The quantitative estimate of drug-likeness (QED) is 0.185. The zero-order valence-electron chi connectivity index (χ0n) is 28.8. The Labute approximate surface area is 377 Å². The molecule has 8 bridgehead atoms. The maximum absolute atomic E-state index is 6.95. The van der Waals surface area contributed by atoms with Crippen LogP contribution < -0.4 is 0 Å².